The van der Waals surface area contributed by atoms with Gasteiger partial charge in [-0.05, 0) is 31.0 Å². The maximum Gasteiger partial charge on any atom is 0.275 e. The van der Waals surface area contributed by atoms with Gasteiger partial charge in [-0.3, -0.25) is 9.59 Å². The molecule has 0 amide bonds. The van der Waals surface area contributed by atoms with Gasteiger partial charge in [0.25, 0.3) is 5.56 Å². The predicted octanol–water partition coefficient (Wildman–Crippen LogP) is 5.69. The number of carbonyl (C=O) groups is 1. The Hall–Kier alpha value is -4.07. The zero-order valence-electron chi connectivity index (χ0n) is 18.6. The van der Waals surface area contributed by atoms with Crippen LogP contribution < -0.4 is 10.9 Å². The molecule has 0 aliphatic rings. The van der Waals surface area contributed by atoms with Crippen LogP contribution in [0.3, 0.4) is 0 Å². The first-order chi connectivity index (χ1) is 16.3. The van der Waals surface area contributed by atoms with Crippen molar-refractivity contribution in [3.8, 4) is 0 Å². The minimum atomic E-state index is -1.30. The molecule has 8 heteroatoms. The third kappa shape index (κ3) is 4.39. The summed E-state index contributed by atoms with van der Waals surface area (Å²) >= 11 is 0. The van der Waals surface area contributed by atoms with E-state index < -0.39 is 34.4 Å². The van der Waals surface area contributed by atoms with Crippen LogP contribution in [0.5, 0.6) is 0 Å². The molecule has 2 N–H and O–H groups in total. The molecule has 4 aromatic rings. The lowest BCUT2D eigenvalue weighted by molar-refractivity contribution is 0.103. The van der Waals surface area contributed by atoms with Crippen LogP contribution in [0.25, 0.3) is 10.9 Å². The third-order valence-electron chi connectivity index (χ3n) is 5.53. The third-order valence-corrected chi connectivity index (χ3v) is 5.53. The van der Waals surface area contributed by atoms with Crippen LogP contribution in [-0.4, -0.2) is 15.3 Å². The van der Waals surface area contributed by atoms with Gasteiger partial charge in [0.15, 0.2) is 0 Å². The minimum absolute atomic E-state index is 0.0778. The molecule has 174 valence electrons. The Balaban J connectivity index is 1.68. The molecule has 0 atom stereocenters. The summed E-state index contributed by atoms with van der Waals surface area (Å²) in [6, 6.07) is 10.2. The maximum atomic E-state index is 14.1. The number of nitrogens with zero attached hydrogens (tertiary/aromatic N) is 1. The number of hydrogen-bond donors (Lipinski definition) is 2. The number of anilines is 1. The molecule has 2 aromatic carbocycles. The Morgan fingerprint density at radius 1 is 1.12 bits per heavy atom. The molecule has 0 radical (unpaired) electrons. The largest absolute Gasteiger partial charge is 0.357 e. The number of hydrogen-bond acceptors (Lipinski definition) is 3. The quantitative estimate of drug-likeness (QED) is 0.345. The van der Waals surface area contributed by atoms with Crippen molar-refractivity contribution in [3.05, 3.63) is 111 Å². The average Bonchev–Trinajstić information content (AvgIpc) is 3.21. The molecular formula is C26H22F3N3O2. The first kappa shape index (κ1) is 23.1. The fourth-order valence-electron chi connectivity index (χ4n) is 3.84. The molecule has 0 aliphatic heterocycles. The van der Waals surface area contributed by atoms with E-state index in [-0.39, 0.29) is 23.0 Å². The highest BCUT2D eigenvalue weighted by Gasteiger charge is 2.23. The fraction of sp³-hybridized carbons (Fsp3) is 0.154. The number of ketones is 1. The Bertz CT molecular complexity index is 1460. The monoisotopic (exact) mass is 465 g/mol. The molecule has 0 saturated carbocycles. The lowest BCUT2D eigenvalue weighted by atomic mass is 10.0. The number of H-pyrrole nitrogens is 1. The second-order valence-electron chi connectivity index (χ2n) is 7.89. The van der Waals surface area contributed by atoms with Crippen molar-refractivity contribution in [1.29, 1.82) is 0 Å². The zero-order valence-corrected chi connectivity index (χ0v) is 18.6. The molecule has 0 unspecified atom stereocenters. The standard InChI is InChI=1S/C26H22F3N3O2/c1-3-6-17(31-22-8-5-4-7-15(22)2)14-32-10-9-18-19(13-30-24(18)26(32)34)25(33)23-20(28)11-16(27)12-21(23)29/h4-13,30-31H,3,14H2,1-2H3/b17-6+. The van der Waals surface area contributed by atoms with Crippen molar-refractivity contribution in [1.82, 2.24) is 9.55 Å². The van der Waals surface area contributed by atoms with Gasteiger partial charge >= 0.3 is 0 Å². The number of para-hydroxylation sites is 1. The topological polar surface area (TPSA) is 66.9 Å². The number of benzene rings is 2. The number of rotatable bonds is 7. The Labute approximate surface area is 193 Å². The summed E-state index contributed by atoms with van der Waals surface area (Å²) in [4.78, 5) is 28.7. The molecule has 0 aliphatic carbocycles. The number of aromatic nitrogens is 2. The molecule has 0 fully saturated rings. The number of halogens is 3. The van der Waals surface area contributed by atoms with E-state index in [1.807, 2.05) is 44.2 Å². The molecule has 0 saturated heterocycles. The normalized spacial score (nSPS) is 11.7. The van der Waals surface area contributed by atoms with Gasteiger partial charge in [-0.15, -0.1) is 0 Å². The SMILES string of the molecule is CC/C=C(\Cn1ccc2c(C(=O)c3c(F)cc(F)cc3F)c[nH]c2c1=O)Nc1ccccc1C. The highest BCUT2D eigenvalue weighted by Crippen LogP contribution is 2.24. The summed E-state index contributed by atoms with van der Waals surface area (Å²) in [6.45, 7) is 4.22. The van der Waals surface area contributed by atoms with Gasteiger partial charge in [0.1, 0.15) is 23.0 Å². The van der Waals surface area contributed by atoms with E-state index in [2.05, 4.69) is 10.3 Å². The Kier molecular flexibility index (Phi) is 6.40. The minimum Gasteiger partial charge on any atom is -0.357 e. The highest BCUT2D eigenvalue weighted by molar-refractivity contribution is 6.16. The summed E-state index contributed by atoms with van der Waals surface area (Å²) in [5.74, 6) is -4.71. The van der Waals surface area contributed by atoms with Crippen molar-refractivity contribution < 1.29 is 18.0 Å². The van der Waals surface area contributed by atoms with E-state index in [0.29, 0.717) is 12.1 Å². The zero-order chi connectivity index (χ0) is 24.4. The van der Waals surface area contributed by atoms with Gasteiger partial charge in [0.2, 0.25) is 5.78 Å². The Morgan fingerprint density at radius 3 is 2.50 bits per heavy atom. The second-order valence-corrected chi connectivity index (χ2v) is 7.89. The molecule has 5 nitrogen and oxygen atoms in total. The lowest BCUT2D eigenvalue weighted by Crippen LogP contribution is -2.22. The summed E-state index contributed by atoms with van der Waals surface area (Å²) in [6.07, 6.45) is 5.49. The average molecular weight is 465 g/mol. The van der Waals surface area contributed by atoms with Gasteiger partial charge in [-0.1, -0.05) is 31.2 Å². The molecule has 34 heavy (non-hydrogen) atoms. The highest BCUT2D eigenvalue weighted by atomic mass is 19.1. The molecule has 2 aromatic heterocycles. The van der Waals surface area contributed by atoms with Crippen molar-refractivity contribution in [2.45, 2.75) is 26.8 Å². The van der Waals surface area contributed by atoms with E-state index >= 15 is 0 Å². The number of nitrogens with one attached hydrogen (secondary N) is 2. The van der Waals surface area contributed by atoms with E-state index in [9.17, 15) is 22.8 Å². The van der Waals surface area contributed by atoms with Gasteiger partial charge in [0, 0.05) is 46.9 Å². The molecule has 4 rings (SSSR count). The van der Waals surface area contributed by atoms with E-state index in [1.54, 1.807) is 0 Å². The van der Waals surface area contributed by atoms with Crippen LogP contribution in [-0.2, 0) is 6.54 Å². The number of allylic oxidation sites excluding steroid dienone is 2. The van der Waals surface area contributed by atoms with E-state index in [0.717, 1.165) is 23.4 Å². The van der Waals surface area contributed by atoms with Gasteiger partial charge in [0.05, 0.1) is 12.1 Å². The Morgan fingerprint density at radius 2 is 1.82 bits per heavy atom. The fourth-order valence-corrected chi connectivity index (χ4v) is 3.84. The summed E-state index contributed by atoms with van der Waals surface area (Å²) < 4.78 is 43.0. The number of fused-ring (bicyclic) bond motifs is 1. The van der Waals surface area contributed by atoms with Crippen LogP contribution in [0.15, 0.2) is 71.4 Å². The summed E-state index contributed by atoms with van der Waals surface area (Å²) in [5, 5.41) is 3.58. The van der Waals surface area contributed by atoms with E-state index in [1.165, 1.54) is 23.0 Å². The van der Waals surface area contributed by atoms with Crippen molar-refractivity contribution in [3.63, 3.8) is 0 Å². The molecular weight excluding hydrogens is 443 g/mol. The maximum absolute atomic E-state index is 14.1. The van der Waals surface area contributed by atoms with E-state index in [4.69, 9.17) is 0 Å². The summed E-state index contributed by atoms with van der Waals surface area (Å²) in [5.41, 5.74) is 1.57. The first-order valence-electron chi connectivity index (χ1n) is 10.7. The molecule has 0 bridgehead atoms. The number of carbonyl (C=O) groups excluding carboxylic acids is 1. The van der Waals surface area contributed by atoms with Crippen LogP contribution in [0.2, 0.25) is 0 Å². The van der Waals surface area contributed by atoms with Crippen LogP contribution >= 0.6 is 0 Å². The van der Waals surface area contributed by atoms with Gasteiger partial charge in [-0.2, -0.15) is 0 Å². The first-order valence-corrected chi connectivity index (χ1v) is 10.7. The smallest absolute Gasteiger partial charge is 0.275 e. The van der Waals surface area contributed by atoms with Crippen molar-refractivity contribution >= 4 is 22.4 Å². The van der Waals surface area contributed by atoms with Crippen molar-refractivity contribution in [2.24, 2.45) is 0 Å². The molecule has 2 heterocycles. The second kappa shape index (κ2) is 9.43. The van der Waals surface area contributed by atoms with Gasteiger partial charge < -0.3 is 14.9 Å². The number of aromatic amines is 1. The van der Waals surface area contributed by atoms with Crippen LogP contribution in [0.4, 0.5) is 18.9 Å². The number of pyridine rings is 1. The summed E-state index contributed by atoms with van der Waals surface area (Å²) in [7, 11) is 0. The van der Waals surface area contributed by atoms with Crippen LogP contribution in [0, 0.1) is 24.4 Å². The lowest BCUT2D eigenvalue weighted by Gasteiger charge is -2.15. The van der Waals surface area contributed by atoms with Gasteiger partial charge in [-0.25, -0.2) is 13.2 Å². The van der Waals surface area contributed by atoms with Crippen LogP contribution in [0.1, 0.15) is 34.8 Å². The number of aryl methyl sites for hydroxylation is 1. The predicted molar refractivity (Wildman–Crippen MR) is 125 cm³/mol. The molecule has 0 spiro atoms. The van der Waals surface area contributed by atoms with Crippen molar-refractivity contribution in [2.75, 3.05) is 5.32 Å².